The lowest BCUT2D eigenvalue weighted by Gasteiger charge is -2.38. The molecule has 0 amide bonds. The van der Waals surface area contributed by atoms with Gasteiger partial charge in [-0.3, -0.25) is 0 Å². The molecule has 1 heterocycles. The van der Waals surface area contributed by atoms with Gasteiger partial charge < -0.3 is 19.3 Å². The van der Waals surface area contributed by atoms with E-state index < -0.39 is 11.2 Å². The molecule has 4 nitrogen and oxygen atoms in total. The number of benzene rings is 6. The third-order valence-corrected chi connectivity index (χ3v) is 9.11. The van der Waals surface area contributed by atoms with E-state index in [0.717, 1.165) is 66.8 Å². The monoisotopic (exact) mass is 574 g/mol. The molecular formula is C40H30O4. The number of ether oxygens (including phenoxy) is 3. The number of rotatable bonds is 5. The largest absolute Gasteiger partial charge is 0.497 e. The van der Waals surface area contributed by atoms with Crippen molar-refractivity contribution in [2.45, 2.75) is 11.2 Å². The number of aliphatic hydroxyl groups is 1. The minimum Gasteiger partial charge on any atom is -0.497 e. The van der Waals surface area contributed by atoms with Gasteiger partial charge in [0.25, 0.3) is 0 Å². The zero-order valence-corrected chi connectivity index (χ0v) is 24.5. The molecule has 0 aromatic heterocycles. The fraction of sp³-hybridized carbons (Fsp3) is 0.100. The van der Waals surface area contributed by atoms with Crippen molar-refractivity contribution in [2.75, 3.05) is 14.2 Å². The Morgan fingerprint density at radius 1 is 0.614 bits per heavy atom. The molecule has 1 aliphatic carbocycles. The zero-order chi connectivity index (χ0) is 29.9. The van der Waals surface area contributed by atoms with Crippen LogP contribution in [0.5, 0.6) is 17.2 Å². The molecule has 6 aromatic carbocycles. The SMILES string of the molecule is COc1ccc(C2(c3ccccc3)C=Cc3c4c(c5ccc(OC)cc5c3O2)-c2ccccc2C4(O)c2ccccc2)cc1. The number of hydrogen-bond acceptors (Lipinski definition) is 4. The van der Waals surface area contributed by atoms with Crippen molar-refractivity contribution >= 4 is 16.8 Å². The third-order valence-electron chi connectivity index (χ3n) is 9.11. The Morgan fingerprint density at radius 3 is 1.93 bits per heavy atom. The molecule has 44 heavy (non-hydrogen) atoms. The van der Waals surface area contributed by atoms with Gasteiger partial charge in [-0.25, -0.2) is 0 Å². The molecular weight excluding hydrogens is 544 g/mol. The average molecular weight is 575 g/mol. The highest BCUT2D eigenvalue weighted by atomic mass is 16.5. The van der Waals surface area contributed by atoms with Crippen LogP contribution in [-0.4, -0.2) is 19.3 Å². The molecule has 4 heteroatoms. The van der Waals surface area contributed by atoms with Gasteiger partial charge in [-0.2, -0.15) is 0 Å². The maximum atomic E-state index is 13.0. The van der Waals surface area contributed by atoms with Gasteiger partial charge in [-0.15, -0.1) is 0 Å². The van der Waals surface area contributed by atoms with Crippen molar-refractivity contribution in [3.05, 3.63) is 167 Å². The van der Waals surface area contributed by atoms with Gasteiger partial charge in [0.15, 0.2) is 5.60 Å². The van der Waals surface area contributed by atoms with Crippen LogP contribution < -0.4 is 14.2 Å². The van der Waals surface area contributed by atoms with E-state index in [0.29, 0.717) is 5.75 Å². The molecule has 0 saturated carbocycles. The molecule has 1 aliphatic heterocycles. The lowest BCUT2D eigenvalue weighted by atomic mass is 9.78. The molecule has 6 aromatic rings. The summed E-state index contributed by atoms with van der Waals surface area (Å²) in [6.07, 6.45) is 4.25. The van der Waals surface area contributed by atoms with Crippen molar-refractivity contribution in [1.29, 1.82) is 0 Å². The lowest BCUT2D eigenvalue weighted by Crippen LogP contribution is -2.35. The Hall–Kier alpha value is -5.32. The second-order valence-corrected chi connectivity index (χ2v) is 11.3. The Balaban J connectivity index is 1.48. The standard InChI is InChI=1S/C40H30O4/c1-42-29-19-17-27(18-20-29)39(26-11-5-3-6-12-26)24-23-33-37-36(31-22-21-30(43-2)25-34(31)38(33)44-39)32-15-9-10-16-35(32)40(37,41)28-13-7-4-8-14-28/h3-25,41H,1-2H3. The molecule has 1 N–H and O–H groups in total. The molecule has 0 bridgehead atoms. The van der Waals surface area contributed by atoms with Gasteiger partial charge >= 0.3 is 0 Å². The fourth-order valence-corrected chi connectivity index (χ4v) is 7.04. The van der Waals surface area contributed by atoms with Crippen LogP contribution in [0.3, 0.4) is 0 Å². The number of hydrogen-bond donors (Lipinski definition) is 1. The van der Waals surface area contributed by atoms with Crippen LogP contribution in [0, 0.1) is 0 Å². The molecule has 2 unspecified atom stereocenters. The van der Waals surface area contributed by atoms with Gasteiger partial charge in [-0.05, 0) is 58.5 Å². The van der Waals surface area contributed by atoms with E-state index in [1.807, 2.05) is 103 Å². The third kappa shape index (κ3) is 3.61. The summed E-state index contributed by atoms with van der Waals surface area (Å²) in [5.41, 5.74) is 5.00. The topological polar surface area (TPSA) is 47.9 Å². The Morgan fingerprint density at radius 2 is 1.23 bits per heavy atom. The lowest BCUT2D eigenvalue weighted by molar-refractivity contribution is 0.127. The minimum atomic E-state index is -1.38. The summed E-state index contributed by atoms with van der Waals surface area (Å²) in [7, 11) is 3.35. The van der Waals surface area contributed by atoms with Crippen LogP contribution in [0.4, 0.5) is 0 Å². The summed E-state index contributed by atoms with van der Waals surface area (Å²) in [4.78, 5) is 0. The van der Waals surface area contributed by atoms with E-state index in [9.17, 15) is 5.11 Å². The fourth-order valence-electron chi connectivity index (χ4n) is 7.04. The van der Waals surface area contributed by atoms with Crippen LogP contribution >= 0.6 is 0 Å². The van der Waals surface area contributed by atoms with Crippen molar-refractivity contribution in [3.63, 3.8) is 0 Å². The molecule has 0 fully saturated rings. The number of methoxy groups -OCH3 is 2. The molecule has 0 spiro atoms. The van der Waals surface area contributed by atoms with E-state index in [4.69, 9.17) is 14.2 Å². The highest BCUT2D eigenvalue weighted by molar-refractivity contribution is 6.09. The van der Waals surface area contributed by atoms with E-state index in [1.165, 1.54) is 0 Å². The normalized spacial score (nSPS) is 19.5. The van der Waals surface area contributed by atoms with Crippen molar-refractivity contribution < 1.29 is 19.3 Å². The Labute approximate surface area is 256 Å². The van der Waals surface area contributed by atoms with E-state index >= 15 is 0 Å². The predicted molar refractivity (Wildman–Crippen MR) is 174 cm³/mol. The van der Waals surface area contributed by atoms with Gasteiger partial charge in [-0.1, -0.05) is 103 Å². The highest BCUT2D eigenvalue weighted by Crippen LogP contribution is 2.59. The molecule has 0 radical (unpaired) electrons. The van der Waals surface area contributed by atoms with Gasteiger partial charge in [0, 0.05) is 33.2 Å². The summed E-state index contributed by atoms with van der Waals surface area (Å²) < 4.78 is 18.5. The first kappa shape index (κ1) is 26.3. The van der Waals surface area contributed by atoms with Gasteiger partial charge in [0.05, 0.1) is 14.2 Å². The summed E-state index contributed by atoms with van der Waals surface area (Å²) in [5, 5.41) is 14.9. The Bertz CT molecular complexity index is 2070. The van der Waals surface area contributed by atoms with Crippen molar-refractivity contribution in [1.82, 2.24) is 0 Å². The second kappa shape index (κ2) is 9.87. The van der Waals surface area contributed by atoms with Crippen molar-refractivity contribution in [3.8, 4) is 28.4 Å². The van der Waals surface area contributed by atoms with Crippen LogP contribution in [0.15, 0.2) is 133 Å². The summed E-state index contributed by atoms with van der Waals surface area (Å²) in [5.74, 6) is 2.20. The summed E-state index contributed by atoms with van der Waals surface area (Å²) in [6, 6.07) is 42.4. The average Bonchev–Trinajstić information content (AvgIpc) is 3.38. The van der Waals surface area contributed by atoms with E-state index in [2.05, 4.69) is 36.4 Å². The quantitative estimate of drug-likeness (QED) is 0.224. The molecule has 214 valence electrons. The van der Waals surface area contributed by atoms with Crippen LogP contribution in [-0.2, 0) is 11.2 Å². The molecule has 0 saturated heterocycles. The molecule has 2 aliphatic rings. The zero-order valence-electron chi connectivity index (χ0n) is 24.5. The van der Waals surface area contributed by atoms with Crippen LogP contribution in [0.2, 0.25) is 0 Å². The second-order valence-electron chi connectivity index (χ2n) is 11.3. The van der Waals surface area contributed by atoms with E-state index in [1.54, 1.807) is 14.2 Å². The van der Waals surface area contributed by atoms with Gasteiger partial charge in [0.2, 0.25) is 0 Å². The Kier molecular flexibility index (Phi) is 5.90. The first-order valence-corrected chi connectivity index (χ1v) is 14.7. The maximum Gasteiger partial charge on any atom is 0.178 e. The maximum absolute atomic E-state index is 13.0. The van der Waals surface area contributed by atoms with Gasteiger partial charge in [0.1, 0.15) is 22.8 Å². The smallest absolute Gasteiger partial charge is 0.178 e. The number of fused-ring (bicyclic) bond motifs is 8. The van der Waals surface area contributed by atoms with Crippen LogP contribution in [0.1, 0.15) is 33.4 Å². The molecule has 8 rings (SSSR count). The first-order valence-electron chi connectivity index (χ1n) is 14.7. The molecule has 2 atom stereocenters. The summed E-state index contributed by atoms with van der Waals surface area (Å²) >= 11 is 0. The highest BCUT2D eigenvalue weighted by Gasteiger charge is 2.48. The van der Waals surface area contributed by atoms with E-state index in [-0.39, 0.29) is 0 Å². The first-order chi connectivity index (χ1) is 21.6. The van der Waals surface area contributed by atoms with Crippen LogP contribution in [0.25, 0.3) is 28.0 Å². The minimum absolute atomic E-state index is 0.696. The van der Waals surface area contributed by atoms with Crippen molar-refractivity contribution in [2.24, 2.45) is 0 Å². The predicted octanol–water partition coefficient (Wildman–Crippen LogP) is 8.47. The summed E-state index contributed by atoms with van der Waals surface area (Å²) in [6.45, 7) is 0.